The topological polar surface area (TPSA) is 91.8 Å². The van der Waals surface area contributed by atoms with Gasteiger partial charge < -0.3 is 10.0 Å². The van der Waals surface area contributed by atoms with Crippen molar-refractivity contribution in [3.05, 3.63) is 12.2 Å². The molecule has 1 unspecified atom stereocenters. The number of carbonyl (C=O) groups is 2. The zero-order valence-corrected chi connectivity index (χ0v) is 9.61. The van der Waals surface area contributed by atoms with E-state index in [0.717, 1.165) is 12.2 Å². The molecule has 1 N–H and O–H groups in total. The number of nitrogens with zero attached hydrogens (tertiary/aromatic N) is 1. The molecule has 7 heteroatoms. The van der Waals surface area contributed by atoms with Crippen LogP contribution in [0.2, 0.25) is 0 Å². The predicted molar refractivity (Wildman–Crippen MR) is 56.6 cm³/mol. The van der Waals surface area contributed by atoms with Gasteiger partial charge in [0.15, 0.2) is 9.84 Å². The first-order valence-electron chi connectivity index (χ1n) is 4.70. The summed E-state index contributed by atoms with van der Waals surface area (Å²) in [6, 6.07) is -0.351. The standard InChI is InChI=1S/C9H13NO5S/c1-10(8(11)2-3-9(12)13)7-4-5-16(14,15)6-7/h2-3,7H,4-6H2,1H3,(H,12,13)/b3-2-. The average molecular weight is 247 g/mol. The van der Waals surface area contributed by atoms with Crippen molar-refractivity contribution in [3.8, 4) is 0 Å². The van der Waals surface area contributed by atoms with Crippen LogP contribution < -0.4 is 0 Å². The molecule has 0 aromatic heterocycles. The van der Waals surface area contributed by atoms with Gasteiger partial charge in [0, 0.05) is 25.2 Å². The summed E-state index contributed by atoms with van der Waals surface area (Å²) < 4.78 is 22.4. The molecule has 16 heavy (non-hydrogen) atoms. The third-order valence-corrected chi connectivity index (χ3v) is 4.22. The maximum absolute atomic E-state index is 11.4. The van der Waals surface area contributed by atoms with Crippen LogP contribution in [0.25, 0.3) is 0 Å². The van der Waals surface area contributed by atoms with Gasteiger partial charge in [0.2, 0.25) is 5.91 Å². The van der Waals surface area contributed by atoms with Crippen molar-refractivity contribution in [1.29, 1.82) is 0 Å². The second kappa shape index (κ2) is 4.65. The zero-order chi connectivity index (χ0) is 12.3. The van der Waals surface area contributed by atoms with Crippen LogP contribution in [0.15, 0.2) is 12.2 Å². The van der Waals surface area contributed by atoms with Crippen LogP contribution in [0, 0.1) is 0 Å². The third kappa shape index (κ3) is 3.34. The number of carbonyl (C=O) groups excluding carboxylic acids is 1. The summed E-state index contributed by atoms with van der Waals surface area (Å²) in [5.74, 6) is -1.67. The van der Waals surface area contributed by atoms with Gasteiger partial charge in [-0.2, -0.15) is 0 Å². The SMILES string of the molecule is CN(C(=O)/C=C\C(=O)O)C1CCS(=O)(=O)C1. The molecule has 6 nitrogen and oxygen atoms in total. The van der Waals surface area contributed by atoms with Crippen molar-refractivity contribution >= 4 is 21.7 Å². The Morgan fingerprint density at radius 1 is 1.38 bits per heavy atom. The molecule has 0 radical (unpaired) electrons. The number of carboxylic acids is 1. The number of rotatable bonds is 3. The van der Waals surface area contributed by atoms with Crippen molar-refractivity contribution in [1.82, 2.24) is 4.90 Å². The van der Waals surface area contributed by atoms with Crippen molar-refractivity contribution in [2.45, 2.75) is 12.5 Å². The second-order valence-electron chi connectivity index (χ2n) is 3.68. The zero-order valence-electron chi connectivity index (χ0n) is 8.79. The van der Waals surface area contributed by atoms with Gasteiger partial charge in [-0.15, -0.1) is 0 Å². The first kappa shape index (κ1) is 12.7. The molecule has 0 saturated carbocycles. The van der Waals surface area contributed by atoms with Crippen LogP contribution in [0.4, 0.5) is 0 Å². The molecule has 0 spiro atoms. The van der Waals surface area contributed by atoms with Crippen LogP contribution >= 0.6 is 0 Å². The lowest BCUT2D eigenvalue weighted by Gasteiger charge is -2.21. The van der Waals surface area contributed by atoms with E-state index >= 15 is 0 Å². The normalized spacial score (nSPS) is 23.4. The Kier molecular flexibility index (Phi) is 3.69. The highest BCUT2D eigenvalue weighted by molar-refractivity contribution is 7.91. The lowest BCUT2D eigenvalue weighted by atomic mass is 10.2. The summed E-state index contributed by atoms with van der Waals surface area (Å²) in [7, 11) is -1.57. The van der Waals surface area contributed by atoms with Crippen molar-refractivity contribution in [2.75, 3.05) is 18.6 Å². The number of likely N-dealkylation sites (N-methyl/N-ethyl adjacent to an activating group) is 1. The van der Waals surface area contributed by atoms with E-state index in [1.165, 1.54) is 11.9 Å². The van der Waals surface area contributed by atoms with Gasteiger partial charge in [-0.25, -0.2) is 13.2 Å². The molecule has 1 heterocycles. The van der Waals surface area contributed by atoms with Crippen LogP contribution in [-0.4, -0.2) is 54.9 Å². The molecular weight excluding hydrogens is 234 g/mol. The number of carboxylic acid groups (broad SMARTS) is 1. The van der Waals surface area contributed by atoms with Crippen molar-refractivity contribution in [2.24, 2.45) is 0 Å². The van der Waals surface area contributed by atoms with E-state index in [4.69, 9.17) is 5.11 Å². The average Bonchev–Trinajstić information content (AvgIpc) is 2.54. The third-order valence-electron chi connectivity index (χ3n) is 2.47. The first-order chi connectivity index (χ1) is 7.32. The van der Waals surface area contributed by atoms with Crippen molar-refractivity contribution < 1.29 is 23.1 Å². The van der Waals surface area contributed by atoms with E-state index < -0.39 is 21.7 Å². The fourth-order valence-corrected chi connectivity index (χ4v) is 3.30. The molecule has 1 fully saturated rings. The van der Waals surface area contributed by atoms with Gasteiger partial charge in [0.1, 0.15) is 0 Å². The molecule has 1 aliphatic rings. The Balaban J connectivity index is 2.62. The fraction of sp³-hybridized carbons (Fsp3) is 0.556. The van der Waals surface area contributed by atoms with Gasteiger partial charge in [0.25, 0.3) is 0 Å². The highest BCUT2D eigenvalue weighted by Gasteiger charge is 2.31. The van der Waals surface area contributed by atoms with Crippen LogP contribution in [0.1, 0.15) is 6.42 Å². The van der Waals surface area contributed by atoms with Crippen LogP contribution in [0.3, 0.4) is 0 Å². The molecule has 1 atom stereocenters. The van der Waals surface area contributed by atoms with Gasteiger partial charge in [-0.3, -0.25) is 4.79 Å². The Bertz CT molecular complexity index is 425. The molecular formula is C9H13NO5S. The fourth-order valence-electron chi connectivity index (χ4n) is 1.52. The van der Waals surface area contributed by atoms with E-state index in [9.17, 15) is 18.0 Å². The Morgan fingerprint density at radius 2 is 2.00 bits per heavy atom. The van der Waals surface area contributed by atoms with Crippen LogP contribution in [-0.2, 0) is 19.4 Å². The van der Waals surface area contributed by atoms with Gasteiger partial charge >= 0.3 is 5.97 Å². The highest BCUT2D eigenvalue weighted by atomic mass is 32.2. The smallest absolute Gasteiger partial charge is 0.328 e. The molecule has 90 valence electrons. The minimum atomic E-state index is -3.04. The van der Waals surface area contributed by atoms with E-state index in [1.54, 1.807) is 0 Å². The van der Waals surface area contributed by atoms with E-state index in [0.29, 0.717) is 6.42 Å². The van der Waals surface area contributed by atoms with E-state index in [2.05, 4.69) is 0 Å². The monoisotopic (exact) mass is 247 g/mol. The number of amides is 1. The number of hydrogen-bond acceptors (Lipinski definition) is 4. The second-order valence-corrected chi connectivity index (χ2v) is 5.91. The number of aliphatic carboxylic acids is 1. The van der Waals surface area contributed by atoms with Crippen molar-refractivity contribution in [3.63, 3.8) is 0 Å². The summed E-state index contributed by atoms with van der Waals surface area (Å²) in [5, 5.41) is 8.34. The Hall–Kier alpha value is -1.37. The van der Waals surface area contributed by atoms with Gasteiger partial charge in [-0.05, 0) is 6.42 Å². The molecule has 1 aliphatic heterocycles. The summed E-state index contributed by atoms with van der Waals surface area (Å²) >= 11 is 0. The maximum Gasteiger partial charge on any atom is 0.328 e. The molecule has 0 bridgehead atoms. The minimum Gasteiger partial charge on any atom is -0.478 e. The summed E-state index contributed by atoms with van der Waals surface area (Å²) in [6.45, 7) is 0. The molecule has 0 aromatic carbocycles. The Labute approximate surface area is 93.5 Å². The molecule has 1 saturated heterocycles. The summed E-state index contributed by atoms with van der Waals surface area (Å²) in [4.78, 5) is 22.9. The minimum absolute atomic E-state index is 0.0455. The lowest BCUT2D eigenvalue weighted by Crippen LogP contribution is -2.36. The number of hydrogen-bond donors (Lipinski definition) is 1. The quantitative estimate of drug-likeness (QED) is 0.664. The molecule has 0 aromatic rings. The maximum atomic E-state index is 11.4. The predicted octanol–water partition coefficient (Wildman–Crippen LogP) is -0.727. The van der Waals surface area contributed by atoms with Crippen LogP contribution in [0.5, 0.6) is 0 Å². The molecule has 1 rings (SSSR count). The summed E-state index contributed by atoms with van der Waals surface area (Å²) in [6.07, 6.45) is 2.07. The van der Waals surface area contributed by atoms with Gasteiger partial charge in [-0.1, -0.05) is 0 Å². The molecule has 1 amide bonds. The number of sulfone groups is 1. The van der Waals surface area contributed by atoms with E-state index in [-0.39, 0.29) is 17.5 Å². The Morgan fingerprint density at radius 3 is 2.44 bits per heavy atom. The van der Waals surface area contributed by atoms with E-state index in [1.807, 2.05) is 0 Å². The highest BCUT2D eigenvalue weighted by Crippen LogP contribution is 2.16. The molecule has 0 aliphatic carbocycles. The largest absolute Gasteiger partial charge is 0.478 e. The lowest BCUT2D eigenvalue weighted by molar-refractivity contribution is -0.132. The summed E-state index contributed by atoms with van der Waals surface area (Å²) in [5.41, 5.74) is 0. The first-order valence-corrected chi connectivity index (χ1v) is 6.52. The van der Waals surface area contributed by atoms with Gasteiger partial charge in [0.05, 0.1) is 11.5 Å².